The third-order valence-electron chi connectivity index (χ3n) is 8.45. The number of carbonyl (C=O) groups is 2. The average molecular weight is 774 g/mol. The maximum Gasteiger partial charge on any atom is 0.408 e. The van der Waals surface area contributed by atoms with Crippen LogP contribution in [-0.2, 0) is 29.4 Å². The van der Waals surface area contributed by atoms with Crippen molar-refractivity contribution in [1.82, 2.24) is 5.32 Å². The van der Waals surface area contributed by atoms with Gasteiger partial charge in [0.25, 0.3) is 0 Å². The summed E-state index contributed by atoms with van der Waals surface area (Å²) < 4.78 is 35.7. The van der Waals surface area contributed by atoms with Gasteiger partial charge in [0.2, 0.25) is 11.2 Å². The Kier molecular flexibility index (Phi) is 12.4. The zero-order valence-corrected chi connectivity index (χ0v) is 31.9. The van der Waals surface area contributed by atoms with Crippen LogP contribution >= 0.6 is 0 Å². The van der Waals surface area contributed by atoms with E-state index in [1.54, 1.807) is 39.0 Å². The van der Waals surface area contributed by atoms with Gasteiger partial charge in [-0.25, -0.2) is 9.59 Å². The van der Waals surface area contributed by atoms with Gasteiger partial charge in [-0.05, 0) is 62.6 Å². The molecule has 6 aromatic rings. The number of nitrogens with one attached hydrogen (secondary N) is 1. The van der Waals surface area contributed by atoms with E-state index in [1.807, 2.05) is 91.0 Å². The molecule has 0 saturated carbocycles. The molecule has 0 aliphatic carbocycles. The van der Waals surface area contributed by atoms with Crippen LogP contribution in [0.3, 0.4) is 0 Å². The Balaban J connectivity index is 1.44. The third kappa shape index (κ3) is 10.5. The van der Waals surface area contributed by atoms with E-state index in [0.717, 1.165) is 16.7 Å². The molecule has 3 N–H and O–H groups in total. The molecule has 0 aliphatic heterocycles. The lowest BCUT2D eigenvalue weighted by Gasteiger charge is -2.24. The van der Waals surface area contributed by atoms with E-state index in [0.29, 0.717) is 5.75 Å². The Hall–Kier alpha value is -6.79. The number of hydrogen-bond donors (Lipinski definition) is 3. The van der Waals surface area contributed by atoms with Crippen LogP contribution in [0.2, 0.25) is 0 Å². The number of esters is 1. The third-order valence-corrected chi connectivity index (χ3v) is 8.45. The second-order valence-electron chi connectivity index (χ2n) is 14.2. The van der Waals surface area contributed by atoms with E-state index in [1.165, 1.54) is 19.1 Å². The number of phenols is 1. The van der Waals surface area contributed by atoms with Crippen LogP contribution in [0.5, 0.6) is 28.7 Å². The average Bonchev–Trinajstić information content (AvgIpc) is 3.19. The fourth-order valence-corrected chi connectivity index (χ4v) is 5.69. The number of amides is 1. The number of ether oxygens (including phenoxy) is 5. The number of phenolic OH excluding ortho intramolecular Hbond substituents is 1. The number of aliphatic hydroxyl groups is 1. The highest BCUT2D eigenvalue weighted by molar-refractivity contribution is 5.91. The predicted molar refractivity (Wildman–Crippen MR) is 212 cm³/mol. The lowest BCUT2D eigenvalue weighted by atomic mass is 10.1. The number of alkyl carbamates (subject to hydrolysis) is 1. The summed E-state index contributed by atoms with van der Waals surface area (Å²) >= 11 is 0. The van der Waals surface area contributed by atoms with E-state index >= 15 is 0 Å². The smallest absolute Gasteiger partial charge is 0.408 e. The lowest BCUT2D eigenvalue weighted by molar-refractivity contribution is -0.139. The van der Waals surface area contributed by atoms with Gasteiger partial charge in [0.05, 0.1) is 6.10 Å². The summed E-state index contributed by atoms with van der Waals surface area (Å²) in [5, 5.41) is 23.7. The summed E-state index contributed by atoms with van der Waals surface area (Å²) in [4.78, 5) is 40.7. The van der Waals surface area contributed by atoms with Gasteiger partial charge in [-0.3, -0.25) is 4.79 Å². The van der Waals surface area contributed by atoms with Crippen molar-refractivity contribution in [3.05, 3.63) is 148 Å². The van der Waals surface area contributed by atoms with E-state index in [4.69, 9.17) is 28.1 Å². The molecule has 0 unspecified atom stereocenters. The molecule has 2 atom stereocenters. The predicted octanol–water partition coefficient (Wildman–Crippen LogP) is 8.08. The quantitative estimate of drug-likeness (QED) is 0.0918. The lowest BCUT2D eigenvalue weighted by Crippen LogP contribution is -2.51. The van der Waals surface area contributed by atoms with Crippen molar-refractivity contribution in [1.29, 1.82) is 0 Å². The highest BCUT2D eigenvalue weighted by Crippen LogP contribution is 2.40. The fraction of sp³-hybridized carbons (Fsp3) is 0.222. The second-order valence-corrected chi connectivity index (χ2v) is 14.2. The molecular weight excluding hydrogens is 730 g/mol. The summed E-state index contributed by atoms with van der Waals surface area (Å²) in [6, 6.07) is 34.2. The molecule has 0 fully saturated rings. The molecule has 5 aromatic carbocycles. The molecule has 1 heterocycles. The maximum absolute atomic E-state index is 14.3. The number of hydrogen-bond acceptors (Lipinski definition) is 11. The number of aliphatic hydroxyl groups excluding tert-OH is 1. The Bertz CT molecular complexity index is 2370. The minimum absolute atomic E-state index is 0.0759. The molecule has 294 valence electrons. The maximum atomic E-state index is 14.3. The van der Waals surface area contributed by atoms with Crippen molar-refractivity contribution in [3.8, 4) is 40.1 Å². The van der Waals surface area contributed by atoms with Crippen molar-refractivity contribution in [3.63, 3.8) is 0 Å². The molecule has 57 heavy (non-hydrogen) atoms. The first-order valence-electron chi connectivity index (χ1n) is 18.2. The van der Waals surface area contributed by atoms with Crippen molar-refractivity contribution in [2.24, 2.45) is 0 Å². The minimum Gasteiger partial charge on any atom is -0.507 e. The van der Waals surface area contributed by atoms with Gasteiger partial charge in [0, 0.05) is 17.7 Å². The van der Waals surface area contributed by atoms with Crippen molar-refractivity contribution >= 4 is 23.0 Å². The normalized spacial score (nSPS) is 12.3. The molecular formula is C45H43NO11. The summed E-state index contributed by atoms with van der Waals surface area (Å²) in [6.45, 7) is 6.72. The fourth-order valence-electron chi connectivity index (χ4n) is 5.69. The van der Waals surface area contributed by atoms with Gasteiger partial charge in [-0.1, -0.05) is 91.0 Å². The molecule has 0 spiro atoms. The van der Waals surface area contributed by atoms with Crippen LogP contribution in [0.1, 0.15) is 44.4 Å². The number of carbonyl (C=O) groups excluding carboxylic acids is 2. The summed E-state index contributed by atoms with van der Waals surface area (Å²) in [7, 11) is 0. The van der Waals surface area contributed by atoms with Gasteiger partial charge >= 0.3 is 12.1 Å². The first-order valence-corrected chi connectivity index (χ1v) is 18.2. The molecule has 6 rings (SSSR count). The molecule has 12 nitrogen and oxygen atoms in total. The number of benzene rings is 5. The summed E-state index contributed by atoms with van der Waals surface area (Å²) in [5.74, 6) is -1.67. The molecule has 12 heteroatoms. The van der Waals surface area contributed by atoms with Crippen LogP contribution in [0.25, 0.3) is 22.3 Å². The zero-order valence-electron chi connectivity index (χ0n) is 31.9. The highest BCUT2D eigenvalue weighted by atomic mass is 16.6. The zero-order chi connectivity index (χ0) is 40.5. The second kappa shape index (κ2) is 17.8. The Morgan fingerprint density at radius 1 is 0.737 bits per heavy atom. The van der Waals surface area contributed by atoms with Crippen molar-refractivity contribution in [2.45, 2.75) is 65.3 Å². The molecule has 0 radical (unpaired) electrons. The van der Waals surface area contributed by atoms with Gasteiger partial charge in [-0.2, -0.15) is 0 Å². The monoisotopic (exact) mass is 773 g/mol. The van der Waals surface area contributed by atoms with Crippen LogP contribution in [-0.4, -0.2) is 40.0 Å². The standard InChI is InChI=1S/C45H43NO11/c1-28(47)39(46-44(51)57-45(2,3)4)43(50)56-42-40(49)38-34(48)23-33(52-25-29-14-8-5-9-15-29)24-37(38)55-41(42)32-20-21-35(53-26-30-16-10-6-11-17-30)36(22-32)54-27-31-18-12-7-13-19-31/h5-24,28,39,47-48H,25-27H2,1-4H3,(H,46,51)/t28-,39+/m0/s1. The van der Waals surface area contributed by atoms with E-state index in [2.05, 4.69) is 5.32 Å². The molecule has 1 amide bonds. The number of fused-ring (bicyclic) bond motifs is 1. The van der Waals surface area contributed by atoms with Crippen LogP contribution in [0.15, 0.2) is 131 Å². The van der Waals surface area contributed by atoms with Crippen molar-refractivity contribution in [2.75, 3.05) is 0 Å². The number of rotatable bonds is 14. The van der Waals surface area contributed by atoms with E-state index < -0.39 is 46.7 Å². The SMILES string of the molecule is C[C@H](O)[C@@H](NC(=O)OC(C)(C)C)C(=O)Oc1c(-c2ccc(OCc3ccccc3)c(OCc3ccccc3)c2)oc2cc(OCc3ccccc3)cc(O)c2c1=O. The van der Waals surface area contributed by atoms with Crippen LogP contribution in [0, 0.1) is 0 Å². The molecule has 0 aliphatic rings. The topological polar surface area (TPSA) is 163 Å². The van der Waals surface area contributed by atoms with Gasteiger partial charge < -0.3 is 43.6 Å². The number of aromatic hydroxyl groups is 1. The molecule has 0 saturated heterocycles. The van der Waals surface area contributed by atoms with E-state index in [9.17, 15) is 24.6 Å². The first kappa shape index (κ1) is 39.9. The van der Waals surface area contributed by atoms with Gasteiger partial charge in [0.1, 0.15) is 47.9 Å². The van der Waals surface area contributed by atoms with Crippen LogP contribution in [0.4, 0.5) is 4.79 Å². The van der Waals surface area contributed by atoms with Crippen LogP contribution < -0.4 is 29.7 Å². The van der Waals surface area contributed by atoms with Gasteiger partial charge in [-0.15, -0.1) is 0 Å². The Morgan fingerprint density at radius 3 is 1.82 bits per heavy atom. The minimum atomic E-state index is -1.66. The Labute approximate surface area is 329 Å². The Morgan fingerprint density at radius 2 is 1.28 bits per heavy atom. The summed E-state index contributed by atoms with van der Waals surface area (Å²) in [5.41, 5.74) is 0.995. The highest BCUT2D eigenvalue weighted by Gasteiger charge is 2.33. The van der Waals surface area contributed by atoms with Crippen molar-refractivity contribution < 1.29 is 47.9 Å². The largest absolute Gasteiger partial charge is 0.507 e. The first-order chi connectivity index (χ1) is 27.3. The van der Waals surface area contributed by atoms with E-state index in [-0.39, 0.29) is 53.6 Å². The van der Waals surface area contributed by atoms with Gasteiger partial charge in [0.15, 0.2) is 23.3 Å². The molecule has 0 bridgehead atoms. The molecule has 1 aromatic heterocycles. The summed E-state index contributed by atoms with van der Waals surface area (Å²) in [6.07, 6.45) is -2.47.